The number of rotatable bonds is 15. The number of nitrogens with one attached hydrogen (secondary N) is 2. The molecule has 2 aliphatic heterocycles. The monoisotopic (exact) mass is 930 g/mol. The molecule has 14 N–H and O–H groups in total. The van der Waals surface area contributed by atoms with Crippen molar-refractivity contribution in [2.24, 2.45) is 52.1 Å². The number of fused-ring (bicyclic) bond motifs is 8. The van der Waals surface area contributed by atoms with E-state index in [0.29, 0.717) is 38.0 Å². The first-order chi connectivity index (χ1) is 31.3. The van der Waals surface area contributed by atoms with Crippen LogP contribution in [-0.2, 0) is 9.53 Å². The molecule has 0 radical (unpaired) electrons. The van der Waals surface area contributed by atoms with Gasteiger partial charge in [-0.3, -0.25) is 4.79 Å². The molecule has 15 heteroatoms. The van der Waals surface area contributed by atoms with Gasteiger partial charge in [0.05, 0.1) is 65.8 Å². The fraction of sp³-hybridized carbons (Fsp3) is 0.863. The minimum atomic E-state index is -1.99. The number of hydrogen-bond donors (Lipinski definition) is 13. The summed E-state index contributed by atoms with van der Waals surface area (Å²) in [5.41, 5.74) is -0.232. The third kappa shape index (κ3) is 8.18. The van der Waals surface area contributed by atoms with Gasteiger partial charge in [-0.25, -0.2) is 0 Å². The molecular weight excluding hydrogens is 847 g/mol. The van der Waals surface area contributed by atoms with Crippen LogP contribution in [0.4, 0.5) is 0 Å². The summed E-state index contributed by atoms with van der Waals surface area (Å²) < 4.78 is 6.94. The van der Waals surface area contributed by atoms with Crippen LogP contribution in [0, 0.1) is 46.3 Å². The van der Waals surface area contributed by atoms with Gasteiger partial charge in [-0.2, -0.15) is 0 Å². The molecule has 0 aromatic carbocycles. The third-order valence-corrected chi connectivity index (χ3v) is 19.1. The van der Waals surface area contributed by atoms with E-state index in [2.05, 4.69) is 17.6 Å². The second-order valence-electron chi connectivity index (χ2n) is 22.6. The predicted molar refractivity (Wildman–Crippen MR) is 246 cm³/mol. The first-order valence-electron chi connectivity index (χ1n) is 25.7. The zero-order valence-corrected chi connectivity index (χ0v) is 39.7. The standard InChI is InChI=1S/C51H83N3O12/c1-4-7-29-10-13-31-38(14-11-29)66-46-41(31)34(58)9-5-18-51(46,65)47(3,63)39-17-20-50(64)43-42(37(61)26-49(39,50)21-23-56)48(19-16-30-12-15-40(52)54-33(30)8-6-22-55)25-36(60)35(59)24-32(48)45(62)44(43)53-27-28(2)57/h12,15,28-29,31-32,34-42,46,53-61,63-65H,4-11,13-14,16-27,52H2,1-3H3. The Morgan fingerprint density at radius 2 is 1.71 bits per heavy atom. The van der Waals surface area contributed by atoms with Crippen molar-refractivity contribution in [2.75, 3.05) is 19.8 Å². The number of Topliss-reactive ketones (excluding diaryl/α,β-unsaturated/α-hetero) is 1. The van der Waals surface area contributed by atoms with E-state index in [1.165, 1.54) is 0 Å². The molecule has 15 nitrogen and oxygen atoms in total. The van der Waals surface area contributed by atoms with Crippen LogP contribution in [0.1, 0.15) is 143 Å². The smallest absolute Gasteiger partial charge is 0.182 e. The molecule has 6 aliphatic carbocycles. The maximum Gasteiger partial charge on any atom is 0.182 e. The Morgan fingerprint density at radius 1 is 0.955 bits per heavy atom. The van der Waals surface area contributed by atoms with Gasteiger partial charge in [-0.1, -0.05) is 32.3 Å². The Labute approximate surface area is 391 Å². The second-order valence-corrected chi connectivity index (χ2v) is 22.6. The van der Waals surface area contributed by atoms with Crippen LogP contribution in [0.25, 0.3) is 0 Å². The molecule has 0 spiro atoms. The highest BCUT2D eigenvalue weighted by Crippen LogP contribution is 2.72. The van der Waals surface area contributed by atoms with E-state index in [4.69, 9.17) is 10.5 Å². The Hall–Kier alpha value is -1.99. The van der Waals surface area contributed by atoms with Crippen molar-refractivity contribution in [3.63, 3.8) is 0 Å². The summed E-state index contributed by atoms with van der Waals surface area (Å²) >= 11 is 0. The molecule has 0 amide bonds. The molecule has 8 aliphatic rings. The quantitative estimate of drug-likeness (QED) is 0.112. The molecule has 19 unspecified atom stereocenters. The van der Waals surface area contributed by atoms with Crippen LogP contribution < -0.4 is 16.4 Å². The minimum Gasteiger partial charge on any atom is -0.396 e. The van der Waals surface area contributed by atoms with Gasteiger partial charge in [0.25, 0.3) is 0 Å². The van der Waals surface area contributed by atoms with Crippen LogP contribution in [0.3, 0.4) is 0 Å². The summed E-state index contributed by atoms with van der Waals surface area (Å²) in [6.07, 6.45) is 5.24. The fourth-order valence-electron chi connectivity index (χ4n) is 16.2. The van der Waals surface area contributed by atoms with Crippen molar-refractivity contribution in [1.82, 2.24) is 10.6 Å². The zero-order valence-electron chi connectivity index (χ0n) is 39.7. The fourth-order valence-corrected chi connectivity index (χ4v) is 16.2. The Kier molecular flexibility index (Phi) is 14.7. The summed E-state index contributed by atoms with van der Waals surface area (Å²) in [7, 11) is 0. The lowest BCUT2D eigenvalue weighted by Gasteiger charge is -2.65. The van der Waals surface area contributed by atoms with Crippen LogP contribution in [0.15, 0.2) is 34.7 Å². The normalized spacial score (nSPS) is 46.0. The topological polar surface area (TPSA) is 279 Å². The largest absolute Gasteiger partial charge is 0.396 e. The number of hydrogen-bond acceptors (Lipinski definition) is 15. The molecule has 0 aromatic rings. The van der Waals surface area contributed by atoms with Crippen molar-refractivity contribution in [1.29, 1.82) is 0 Å². The lowest BCUT2D eigenvalue weighted by atomic mass is 9.42. The van der Waals surface area contributed by atoms with Gasteiger partial charge in [0.2, 0.25) is 0 Å². The van der Waals surface area contributed by atoms with Crippen LogP contribution in [-0.4, -0.2) is 142 Å². The first-order valence-corrected chi connectivity index (χ1v) is 25.7. The molecule has 6 fully saturated rings. The summed E-state index contributed by atoms with van der Waals surface area (Å²) in [6, 6.07) is 0. The lowest BCUT2D eigenvalue weighted by Crippen LogP contribution is -2.71. The summed E-state index contributed by atoms with van der Waals surface area (Å²) in [5.74, 6) is -3.02. The lowest BCUT2D eigenvalue weighted by molar-refractivity contribution is -0.262. The Bertz CT molecular complexity index is 1860. The number of aliphatic hydroxyl groups is 10. The number of allylic oxidation sites excluding steroid dienone is 4. The molecular formula is C51H83N3O12. The van der Waals surface area contributed by atoms with E-state index in [0.717, 1.165) is 49.8 Å². The number of dihydropyridines is 1. The molecule has 0 aromatic heterocycles. The Balaban J connectivity index is 1.23. The Morgan fingerprint density at radius 3 is 2.42 bits per heavy atom. The highest BCUT2D eigenvalue weighted by molar-refractivity contribution is 6.00. The predicted octanol–water partition coefficient (Wildman–Crippen LogP) is 2.07. The maximum atomic E-state index is 15.4. The zero-order chi connectivity index (χ0) is 47.6. The van der Waals surface area contributed by atoms with Crippen molar-refractivity contribution >= 4 is 5.78 Å². The maximum absolute atomic E-state index is 15.4. The SMILES string of the molecule is CCCC1CCC2OC3C(C(O)CCCC3(O)C(C)(O)C3CCC4(O)C5=C(NCC(C)O)C(=O)C6CC(O)C(O)CC6(CCC6=C(CCCO)NC(N)C=C6)C5C(O)CC34CCO)C2CC1. The third-order valence-electron chi connectivity index (χ3n) is 19.1. The van der Waals surface area contributed by atoms with Gasteiger partial charge >= 0.3 is 0 Å². The highest BCUT2D eigenvalue weighted by atomic mass is 16.5. The van der Waals surface area contributed by atoms with Gasteiger partial charge in [0.15, 0.2) is 5.78 Å². The van der Waals surface area contributed by atoms with Gasteiger partial charge in [0.1, 0.15) is 5.60 Å². The molecule has 0 bridgehead atoms. The van der Waals surface area contributed by atoms with Crippen molar-refractivity contribution < 1.29 is 60.6 Å². The van der Waals surface area contributed by atoms with E-state index in [-0.39, 0.29) is 87.8 Å². The molecule has 19 atom stereocenters. The summed E-state index contributed by atoms with van der Waals surface area (Å²) in [5, 5.41) is 127. The van der Waals surface area contributed by atoms with E-state index in [9.17, 15) is 51.1 Å². The summed E-state index contributed by atoms with van der Waals surface area (Å²) in [6.45, 7) is 4.85. The van der Waals surface area contributed by atoms with E-state index in [1.807, 2.05) is 12.2 Å². The number of ether oxygens (including phenoxy) is 1. The van der Waals surface area contributed by atoms with Crippen LogP contribution >= 0.6 is 0 Å². The van der Waals surface area contributed by atoms with E-state index < -0.39 is 106 Å². The number of carbonyl (C=O) groups excluding carboxylic acids is 1. The second kappa shape index (κ2) is 19.3. The average molecular weight is 930 g/mol. The van der Waals surface area contributed by atoms with Crippen LogP contribution in [0.2, 0.25) is 0 Å². The number of ketones is 1. The van der Waals surface area contributed by atoms with Crippen molar-refractivity contribution in [3.05, 3.63) is 34.7 Å². The van der Waals surface area contributed by atoms with Crippen molar-refractivity contribution in [2.45, 2.75) is 208 Å². The van der Waals surface area contributed by atoms with Crippen LogP contribution in [0.5, 0.6) is 0 Å². The van der Waals surface area contributed by atoms with E-state index >= 15 is 4.79 Å². The van der Waals surface area contributed by atoms with Gasteiger partial charge in [-0.05, 0) is 157 Å². The minimum absolute atomic E-state index is 0.00375. The average Bonchev–Trinajstić information content (AvgIpc) is 3.66. The van der Waals surface area contributed by atoms with Gasteiger partial charge in [0, 0.05) is 48.6 Å². The first kappa shape index (κ1) is 50.4. The number of aliphatic hydroxyl groups excluding tert-OH is 7. The van der Waals surface area contributed by atoms with Gasteiger partial charge in [-0.15, -0.1) is 0 Å². The van der Waals surface area contributed by atoms with E-state index in [1.54, 1.807) is 13.8 Å². The summed E-state index contributed by atoms with van der Waals surface area (Å²) in [4.78, 5) is 15.4. The van der Waals surface area contributed by atoms with Gasteiger partial charge < -0.3 is 72.2 Å². The molecule has 1 saturated heterocycles. The molecule has 374 valence electrons. The molecule has 8 rings (SSSR count). The molecule has 5 saturated carbocycles. The van der Waals surface area contributed by atoms with Crippen molar-refractivity contribution in [3.8, 4) is 0 Å². The highest BCUT2D eigenvalue weighted by Gasteiger charge is 2.76. The molecule has 66 heavy (non-hydrogen) atoms. The number of carbonyl (C=O) groups is 1. The number of nitrogens with two attached hydrogens (primary N) is 1. The molecule has 2 heterocycles.